The van der Waals surface area contributed by atoms with Crippen LogP contribution in [0.5, 0.6) is 0 Å². The molecule has 0 amide bonds. The highest BCUT2D eigenvalue weighted by atomic mass is 16.3. The summed E-state index contributed by atoms with van der Waals surface area (Å²) in [7, 11) is 0. The summed E-state index contributed by atoms with van der Waals surface area (Å²) in [6.07, 6.45) is 2.86. The minimum absolute atomic E-state index is 0.479. The largest absolute Gasteiger partial charge is 0.456 e. The van der Waals surface area contributed by atoms with Gasteiger partial charge in [-0.1, -0.05) is 176 Å². The second-order valence-electron chi connectivity index (χ2n) is 14.0. The van der Waals surface area contributed by atoms with Crippen molar-refractivity contribution in [1.29, 1.82) is 0 Å². The summed E-state index contributed by atoms with van der Waals surface area (Å²) in [5, 5.41) is 9.66. The van der Waals surface area contributed by atoms with E-state index in [1.807, 2.05) is 42.5 Å². The van der Waals surface area contributed by atoms with Gasteiger partial charge in [0.25, 0.3) is 0 Å². The fourth-order valence-corrected chi connectivity index (χ4v) is 8.12. The Balaban J connectivity index is 1.13. The van der Waals surface area contributed by atoms with Crippen molar-refractivity contribution in [1.82, 2.24) is 0 Å². The lowest BCUT2D eigenvalue weighted by Gasteiger charge is -2.19. The number of benzene rings is 9. The number of nitrogens with two attached hydrogens (primary N) is 1. The summed E-state index contributed by atoms with van der Waals surface area (Å²) in [5.41, 5.74) is 17.2. The first kappa shape index (κ1) is 32.4. The van der Waals surface area contributed by atoms with E-state index in [4.69, 9.17) is 15.1 Å². The minimum atomic E-state index is 0.479. The van der Waals surface area contributed by atoms with Crippen molar-refractivity contribution in [3.05, 3.63) is 211 Å². The molecule has 2 N–H and O–H groups in total. The topological polar surface area (TPSA) is 51.5 Å². The molecule has 1 aromatic heterocycles. The van der Waals surface area contributed by atoms with Gasteiger partial charge in [0.1, 0.15) is 17.0 Å². The highest BCUT2D eigenvalue weighted by molar-refractivity contribution is 6.27. The number of rotatable bonds is 7. The first-order chi connectivity index (χ1) is 27.2. The van der Waals surface area contributed by atoms with Crippen LogP contribution in [0.1, 0.15) is 16.7 Å². The van der Waals surface area contributed by atoms with Crippen molar-refractivity contribution in [2.24, 2.45) is 10.7 Å². The van der Waals surface area contributed by atoms with E-state index >= 15 is 0 Å². The van der Waals surface area contributed by atoms with Crippen molar-refractivity contribution in [3.63, 3.8) is 0 Å². The smallest absolute Gasteiger partial charge is 0.135 e. The van der Waals surface area contributed by atoms with Crippen molar-refractivity contribution in [2.75, 3.05) is 0 Å². The molecule has 0 aliphatic carbocycles. The van der Waals surface area contributed by atoms with E-state index in [9.17, 15) is 0 Å². The minimum Gasteiger partial charge on any atom is -0.456 e. The molecule has 0 radical (unpaired) electrons. The van der Waals surface area contributed by atoms with Gasteiger partial charge < -0.3 is 10.2 Å². The van der Waals surface area contributed by atoms with Crippen LogP contribution in [0.15, 0.2) is 204 Å². The summed E-state index contributed by atoms with van der Waals surface area (Å²) in [5.74, 6) is 0.479. The first-order valence-electron chi connectivity index (χ1n) is 18.7. The van der Waals surface area contributed by atoms with Crippen LogP contribution in [0.2, 0.25) is 0 Å². The number of furan rings is 1. The average Bonchev–Trinajstić information content (AvgIpc) is 3.63. The van der Waals surface area contributed by atoms with Gasteiger partial charge in [-0.25, -0.2) is 4.99 Å². The van der Waals surface area contributed by atoms with Gasteiger partial charge in [-0.15, -0.1) is 0 Å². The quantitative estimate of drug-likeness (QED) is 0.0777. The van der Waals surface area contributed by atoms with Crippen LogP contribution >= 0.6 is 0 Å². The first-order valence-corrected chi connectivity index (χ1v) is 18.7. The van der Waals surface area contributed by atoms with E-state index in [2.05, 4.69) is 152 Å². The van der Waals surface area contributed by atoms with Gasteiger partial charge in [0.2, 0.25) is 0 Å². The molecule has 1 heterocycles. The van der Waals surface area contributed by atoms with E-state index in [-0.39, 0.29) is 0 Å². The van der Waals surface area contributed by atoms with Crippen LogP contribution < -0.4 is 5.73 Å². The van der Waals surface area contributed by atoms with Crippen molar-refractivity contribution in [3.8, 4) is 22.3 Å². The van der Waals surface area contributed by atoms with Gasteiger partial charge in [0.05, 0.1) is 5.70 Å². The molecule has 3 heteroatoms. The lowest BCUT2D eigenvalue weighted by atomic mass is 9.84. The van der Waals surface area contributed by atoms with Crippen LogP contribution in [-0.4, -0.2) is 5.84 Å². The molecule has 0 unspecified atom stereocenters. The number of hydrogen-bond acceptors (Lipinski definition) is 2. The van der Waals surface area contributed by atoms with Crippen LogP contribution in [0.4, 0.5) is 0 Å². The second-order valence-corrected chi connectivity index (χ2v) is 14.0. The molecule has 0 bridgehead atoms. The zero-order valence-electron chi connectivity index (χ0n) is 30.1. The molecular formula is C52H36N2O. The standard InChI is InChI=1S/C52H36N2O/c53-52(39-16-5-2-6-17-39)54-46(31-23-34-24-32-48-45(33-34)41-19-11-12-22-47(41)55-48)36-25-27-38(28-26-36)50-43-21-10-9-20-42(43)49(37-14-3-1-4-15-37)44-30-29-35-13-7-8-18-40(35)51(44)50/h1-22,24-33H,23H2,(H2,53,54)/b46-31-. The van der Waals surface area contributed by atoms with Crippen LogP contribution in [-0.2, 0) is 6.42 Å². The van der Waals surface area contributed by atoms with Crippen LogP contribution in [0, 0.1) is 0 Å². The fraction of sp³-hybridized carbons (Fsp3) is 0.0192. The summed E-state index contributed by atoms with van der Waals surface area (Å²) in [6.45, 7) is 0. The number of amidine groups is 1. The molecule has 0 spiro atoms. The van der Waals surface area contributed by atoms with Crippen LogP contribution in [0.25, 0.3) is 82.2 Å². The van der Waals surface area contributed by atoms with E-state index in [1.54, 1.807) is 0 Å². The number of hydrogen-bond donors (Lipinski definition) is 1. The lowest BCUT2D eigenvalue weighted by molar-refractivity contribution is 0.669. The third kappa shape index (κ3) is 5.83. The van der Waals surface area contributed by atoms with E-state index in [0.717, 1.165) is 44.3 Å². The third-order valence-corrected chi connectivity index (χ3v) is 10.7. The summed E-state index contributed by atoms with van der Waals surface area (Å²) >= 11 is 0. The number of allylic oxidation sites excluding steroid dienone is 1. The number of fused-ring (bicyclic) bond motifs is 7. The van der Waals surface area contributed by atoms with E-state index in [0.29, 0.717) is 12.3 Å². The molecule has 0 aliphatic heterocycles. The third-order valence-electron chi connectivity index (χ3n) is 10.7. The Morgan fingerprint density at radius 3 is 1.87 bits per heavy atom. The normalized spacial score (nSPS) is 12.4. The van der Waals surface area contributed by atoms with Crippen molar-refractivity contribution in [2.45, 2.75) is 6.42 Å². The SMILES string of the molecule is NC(=N/C(=C\Cc1ccc2oc3ccccc3c2c1)c1ccc(-c2c3ccccc3c(-c3ccccc3)c3ccc4ccccc4c23)cc1)c1ccccc1. The Labute approximate surface area is 319 Å². The fourth-order valence-electron chi connectivity index (χ4n) is 8.12. The maximum absolute atomic E-state index is 6.68. The van der Waals surface area contributed by atoms with Gasteiger partial charge in [-0.05, 0) is 90.3 Å². The molecule has 3 nitrogen and oxygen atoms in total. The average molecular weight is 705 g/mol. The monoisotopic (exact) mass is 704 g/mol. The van der Waals surface area contributed by atoms with Gasteiger partial charge in [-0.2, -0.15) is 0 Å². The van der Waals surface area contributed by atoms with Crippen LogP contribution in [0.3, 0.4) is 0 Å². The molecule has 10 rings (SSSR count). The highest BCUT2D eigenvalue weighted by Gasteiger charge is 2.19. The van der Waals surface area contributed by atoms with E-state index in [1.165, 1.54) is 54.6 Å². The lowest BCUT2D eigenvalue weighted by Crippen LogP contribution is -2.13. The number of aliphatic imine (C=N–C) groups is 1. The molecule has 9 aromatic carbocycles. The molecule has 260 valence electrons. The van der Waals surface area contributed by atoms with Crippen molar-refractivity contribution >= 4 is 65.8 Å². The zero-order chi connectivity index (χ0) is 36.7. The maximum atomic E-state index is 6.68. The predicted molar refractivity (Wildman–Crippen MR) is 232 cm³/mol. The summed E-state index contributed by atoms with van der Waals surface area (Å²) in [4.78, 5) is 5.06. The molecule has 0 aliphatic rings. The Bertz CT molecular complexity index is 3100. The second kappa shape index (κ2) is 13.6. The Morgan fingerprint density at radius 2 is 1.09 bits per heavy atom. The number of para-hydroxylation sites is 1. The van der Waals surface area contributed by atoms with Gasteiger partial charge in [-0.3, -0.25) is 0 Å². The van der Waals surface area contributed by atoms with Gasteiger partial charge in [0.15, 0.2) is 0 Å². The van der Waals surface area contributed by atoms with Crippen molar-refractivity contribution < 1.29 is 4.42 Å². The summed E-state index contributed by atoms with van der Waals surface area (Å²) in [6, 6.07) is 66.3. The molecule has 0 fully saturated rings. The maximum Gasteiger partial charge on any atom is 0.135 e. The Kier molecular flexibility index (Phi) is 8.04. The molecule has 0 atom stereocenters. The summed E-state index contributed by atoms with van der Waals surface area (Å²) < 4.78 is 6.10. The molecule has 55 heavy (non-hydrogen) atoms. The van der Waals surface area contributed by atoms with Gasteiger partial charge in [0, 0.05) is 16.3 Å². The highest BCUT2D eigenvalue weighted by Crippen LogP contribution is 2.46. The zero-order valence-corrected chi connectivity index (χ0v) is 30.1. The number of nitrogens with zero attached hydrogens (tertiary/aromatic N) is 1. The molecular weight excluding hydrogens is 669 g/mol. The molecule has 0 saturated heterocycles. The molecule has 0 saturated carbocycles. The van der Waals surface area contributed by atoms with Gasteiger partial charge >= 0.3 is 0 Å². The Hall–Kier alpha value is -7.23. The molecule has 10 aromatic rings. The predicted octanol–water partition coefficient (Wildman–Crippen LogP) is 13.4. The Morgan fingerprint density at radius 1 is 0.473 bits per heavy atom. The van der Waals surface area contributed by atoms with E-state index < -0.39 is 0 Å².